The Morgan fingerprint density at radius 1 is 1.19 bits per heavy atom. The summed E-state index contributed by atoms with van der Waals surface area (Å²) in [5, 5.41) is 24.2. The molecule has 3 N–H and O–H groups in total. The number of carboxylic acids is 1. The van der Waals surface area contributed by atoms with Gasteiger partial charge in [-0.3, -0.25) is 10.1 Å². The van der Waals surface area contributed by atoms with Gasteiger partial charge in [0.1, 0.15) is 6.04 Å². The number of anilines is 1. The highest BCUT2D eigenvalue weighted by molar-refractivity contribution is 5.94. The molecule has 4 rings (SSSR count). The number of rotatable bonds is 5. The lowest BCUT2D eigenvalue weighted by Gasteiger charge is -2.05. The average molecular weight is 351 g/mol. The van der Waals surface area contributed by atoms with Crippen molar-refractivity contribution in [3.63, 3.8) is 0 Å². The summed E-state index contributed by atoms with van der Waals surface area (Å²) >= 11 is 0. The fourth-order valence-corrected chi connectivity index (χ4v) is 3.57. The number of fused-ring (bicyclic) bond motifs is 3. The monoisotopic (exact) mass is 351 g/mol. The number of carboxylic acid groups (broad SMARTS) is 1. The molecular weight excluding hydrogens is 334 g/mol. The Balaban J connectivity index is 1.59. The molecule has 26 heavy (non-hydrogen) atoms. The van der Waals surface area contributed by atoms with E-state index in [1.165, 1.54) is 12.1 Å². The van der Waals surface area contributed by atoms with Gasteiger partial charge in [-0.1, -0.05) is 12.1 Å². The van der Waals surface area contributed by atoms with Gasteiger partial charge in [0.25, 0.3) is 5.69 Å². The summed E-state index contributed by atoms with van der Waals surface area (Å²) in [6.45, 7) is 0. The van der Waals surface area contributed by atoms with Gasteiger partial charge >= 0.3 is 5.97 Å². The molecule has 7 nitrogen and oxygen atoms in total. The number of carbonyl (C=O) groups is 1. The van der Waals surface area contributed by atoms with Crippen LogP contribution in [0.25, 0.3) is 10.9 Å². The number of aromatic amines is 1. The summed E-state index contributed by atoms with van der Waals surface area (Å²) in [5.41, 5.74) is 5.15. The zero-order chi connectivity index (χ0) is 18.3. The predicted molar refractivity (Wildman–Crippen MR) is 97.6 cm³/mol. The van der Waals surface area contributed by atoms with Gasteiger partial charge in [0, 0.05) is 41.3 Å². The number of aryl methyl sites for hydroxylation is 2. The van der Waals surface area contributed by atoms with E-state index in [0.717, 1.165) is 46.1 Å². The number of hydrogen-bond acceptors (Lipinski definition) is 4. The van der Waals surface area contributed by atoms with Crippen LogP contribution in [0.1, 0.15) is 16.7 Å². The molecular formula is C19H17N3O4. The lowest BCUT2D eigenvalue weighted by atomic mass is 9.98. The summed E-state index contributed by atoms with van der Waals surface area (Å²) in [5.74, 6) is -0.850. The van der Waals surface area contributed by atoms with Crippen molar-refractivity contribution in [2.75, 3.05) is 5.32 Å². The van der Waals surface area contributed by atoms with E-state index in [-0.39, 0.29) is 5.69 Å². The van der Waals surface area contributed by atoms with Crippen LogP contribution in [0.5, 0.6) is 0 Å². The lowest BCUT2D eigenvalue weighted by molar-refractivity contribution is -0.384. The molecule has 2 heterocycles. The first-order valence-electron chi connectivity index (χ1n) is 8.37. The van der Waals surface area contributed by atoms with Gasteiger partial charge in [-0.25, -0.2) is 4.79 Å². The van der Waals surface area contributed by atoms with Crippen LogP contribution in [0.3, 0.4) is 0 Å². The van der Waals surface area contributed by atoms with E-state index in [9.17, 15) is 20.0 Å². The molecule has 0 spiro atoms. The molecule has 0 saturated heterocycles. The third kappa shape index (κ3) is 2.77. The third-order valence-corrected chi connectivity index (χ3v) is 4.90. The van der Waals surface area contributed by atoms with Crippen molar-refractivity contribution >= 4 is 28.2 Å². The maximum atomic E-state index is 11.3. The normalized spacial score (nSPS) is 15.6. The highest BCUT2D eigenvalue weighted by Crippen LogP contribution is 2.35. The first kappa shape index (κ1) is 16.1. The first-order chi connectivity index (χ1) is 12.5. The van der Waals surface area contributed by atoms with E-state index in [4.69, 9.17) is 0 Å². The zero-order valence-electron chi connectivity index (χ0n) is 13.9. The fourth-order valence-electron chi connectivity index (χ4n) is 3.57. The highest BCUT2D eigenvalue weighted by Gasteiger charge is 2.28. The molecule has 1 aliphatic heterocycles. The number of aromatic nitrogens is 1. The Hall–Kier alpha value is -3.35. The molecule has 1 atom stereocenters. The van der Waals surface area contributed by atoms with Crippen LogP contribution in [0.4, 0.5) is 11.4 Å². The van der Waals surface area contributed by atoms with E-state index in [2.05, 4.69) is 10.3 Å². The molecule has 0 fully saturated rings. The predicted octanol–water partition coefficient (Wildman–Crippen LogP) is 3.28. The standard InChI is InChI=1S/C19H17N3O4/c23-19(24)17-9-14-15(21-17)7-8-16-18(14)12(10-20-16)4-1-11-2-5-13(6-3-11)22(25)26/h2-3,5-8,10,17,20-21H,1,4,9H2,(H,23,24). The van der Waals surface area contributed by atoms with Crippen LogP contribution in [0.15, 0.2) is 42.6 Å². The number of nitrogens with one attached hydrogen (secondary N) is 2. The van der Waals surface area contributed by atoms with Crippen molar-refractivity contribution < 1.29 is 14.8 Å². The number of aliphatic carboxylic acids is 1. The number of benzene rings is 2. The van der Waals surface area contributed by atoms with Crippen molar-refractivity contribution in [3.8, 4) is 0 Å². The zero-order valence-corrected chi connectivity index (χ0v) is 13.9. The SMILES string of the molecule is O=C(O)C1Cc2c(ccc3[nH]cc(CCc4ccc([N+](=O)[O-])cc4)c23)N1. The quantitative estimate of drug-likeness (QED) is 0.483. The average Bonchev–Trinajstić information content (AvgIpc) is 3.23. The smallest absolute Gasteiger partial charge is 0.326 e. The number of nitro benzene ring substituents is 1. The third-order valence-electron chi connectivity index (χ3n) is 4.90. The largest absolute Gasteiger partial charge is 0.480 e. The highest BCUT2D eigenvalue weighted by atomic mass is 16.6. The molecule has 1 aliphatic rings. The summed E-state index contributed by atoms with van der Waals surface area (Å²) in [6.07, 6.45) is 3.95. The molecule has 132 valence electrons. The van der Waals surface area contributed by atoms with Gasteiger partial charge in [-0.15, -0.1) is 0 Å². The molecule has 0 bridgehead atoms. The molecule has 0 amide bonds. The topological polar surface area (TPSA) is 108 Å². The Morgan fingerprint density at radius 2 is 1.96 bits per heavy atom. The van der Waals surface area contributed by atoms with Gasteiger partial charge in [0.2, 0.25) is 0 Å². The van der Waals surface area contributed by atoms with E-state index in [1.807, 2.05) is 18.3 Å². The van der Waals surface area contributed by atoms with Crippen LogP contribution in [-0.4, -0.2) is 27.0 Å². The number of non-ortho nitro benzene ring substituents is 1. The van der Waals surface area contributed by atoms with Crippen LogP contribution in [0.2, 0.25) is 0 Å². The van der Waals surface area contributed by atoms with Gasteiger partial charge in [0.05, 0.1) is 4.92 Å². The molecule has 7 heteroatoms. The van der Waals surface area contributed by atoms with Gasteiger partial charge in [0.15, 0.2) is 0 Å². The first-order valence-corrected chi connectivity index (χ1v) is 8.37. The van der Waals surface area contributed by atoms with Gasteiger partial charge in [-0.2, -0.15) is 0 Å². The Morgan fingerprint density at radius 3 is 2.65 bits per heavy atom. The van der Waals surface area contributed by atoms with E-state index >= 15 is 0 Å². The van der Waals surface area contributed by atoms with Crippen LogP contribution >= 0.6 is 0 Å². The second kappa shape index (κ2) is 6.18. The van der Waals surface area contributed by atoms with Crippen molar-refractivity contribution in [2.24, 2.45) is 0 Å². The molecule has 0 radical (unpaired) electrons. The Labute approximate surface area is 148 Å². The molecule has 3 aromatic rings. The minimum atomic E-state index is -0.850. The molecule has 2 aromatic carbocycles. The summed E-state index contributed by atoms with van der Waals surface area (Å²) in [7, 11) is 0. The number of hydrogen-bond donors (Lipinski definition) is 3. The maximum Gasteiger partial charge on any atom is 0.326 e. The van der Waals surface area contributed by atoms with Crippen molar-refractivity contribution in [2.45, 2.75) is 25.3 Å². The van der Waals surface area contributed by atoms with Gasteiger partial charge in [-0.05, 0) is 41.7 Å². The maximum absolute atomic E-state index is 11.3. The van der Waals surface area contributed by atoms with Crippen LogP contribution in [0, 0.1) is 10.1 Å². The lowest BCUT2D eigenvalue weighted by Crippen LogP contribution is -2.26. The molecule has 1 unspecified atom stereocenters. The molecule has 1 aromatic heterocycles. The van der Waals surface area contributed by atoms with E-state index in [0.29, 0.717) is 6.42 Å². The van der Waals surface area contributed by atoms with Crippen molar-refractivity contribution in [1.29, 1.82) is 0 Å². The molecule has 0 aliphatic carbocycles. The van der Waals surface area contributed by atoms with E-state index in [1.54, 1.807) is 12.1 Å². The summed E-state index contributed by atoms with van der Waals surface area (Å²) in [4.78, 5) is 24.9. The van der Waals surface area contributed by atoms with E-state index < -0.39 is 16.9 Å². The Bertz CT molecular complexity index is 1010. The minimum absolute atomic E-state index is 0.0875. The Kier molecular flexibility index (Phi) is 3.84. The van der Waals surface area contributed by atoms with Crippen molar-refractivity contribution in [1.82, 2.24) is 4.98 Å². The van der Waals surface area contributed by atoms with Crippen molar-refractivity contribution in [3.05, 3.63) is 69.4 Å². The minimum Gasteiger partial charge on any atom is -0.480 e. The summed E-state index contributed by atoms with van der Waals surface area (Å²) in [6, 6.07) is 9.87. The second-order valence-corrected chi connectivity index (χ2v) is 6.49. The van der Waals surface area contributed by atoms with Crippen LogP contribution in [-0.2, 0) is 24.1 Å². The molecule has 0 saturated carbocycles. The van der Waals surface area contributed by atoms with Crippen LogP contribution < -0.4 is 5.32 Å². The number of nitro groups is 1. The summed E-state index contributed by atoms with van der Waals surface area (Å²) < 4.78 is 0. The van der Waals surface area contributed by atoms with Gasteiger partial charge < -0.3 is 15.4 Å². The second-order valence-electron chi connectivity index (χ2n) is 6.49. The number of nitrogens with zero attached hydrogens (tertiary/aromatic N) is 1. The fraction of sp³-hybridized carbons (Fsp3) is 0.211. The number of H-pyrrole nitrogens is 1.